The highest BCUT2D eigenvalue weighted by Crippen LogP contribution is 2.73. The second-order valence-corrected chi connectivity index (χ2v) is 12.0. The predicted octanol–water partition coefficient (Wildman–Crippen LogP) is 5.65. The van der Waals surface area contributed by atoms with E-state index in [1.54, 1.807) is 0 Å². The molecule has 1 aliphatic heterocycles. The fraction of sp³-hybridized carbons (Fsp3) is 0.593. The van der Waals surface area contributed by atoms with Gasteiger partial charge in [-0.3, -0.25) is 0 Å². The molecule has 2 bridgehead atoms. The van der Waals surface area contributed by atoms with Gasteiger partial charge in [-0.25, -0.2) is 19.3 Å². The average molecular weight is 514 g/mol. The van der Waals surface area contributed by atoms with Crippen LogP contribution in [0.15, 0.2) is 18.3 Å². The maximum Gasteiger partial charge on any atom is 0.223 e. The van der Waals surface area contributed by atoms with Crippen LogP contribution in [0.25, 0.3) is 22.3 Å². The normalized spacial score (nSPS) is 31.4. The number of imidazole rings is 1. The first-order valence-electron chi connectivity index (χ1n) is 12.9. The lowest BCUT2D eigenvalue weighted by atomic mass is 9.35. The number of aromatic nitrogens is 4. The predicted molar refractivity (Wildman–Crippen MR) is 138 cm³/mol. The highest BCUT2D eigenvalue weighted by molar-refractivity contribution is 6.33. The first-order valence-corrected chi connectivity index (χ1v) is 13.3. The van der Waals surface area contributed by atoms with Crippen molar-refractivity contribution in [2.75, 3.05) is 11.9 Å². The first kappa shape index (κ1) is 24.1. The number of aliphatic hydroxyl groups is 1. The van der Waals surface area contributed by atoms with Gasteiger partial charge in [0.15, 0.2) is 5.82 Å². The molecule has 2 N–H and O–H groups in total. The standard InChI is InChI=1S/C27H33ClFN5O2/c1-5-20-23(35)18(6-7-36-20)31-25-30-10-16(28)21(33-25)15-8-17(29)22-19(9-15)34(14(2)3)24(32-22)27-11-26(4,12-27)13-27/h8-10,14,18,20,23,35H,5-7,11-13H2,1-4H3,(H,30,31,33)/t18-,20+,23+,26?,27?/m0/s1. The van der Waals surface area contributed by atoms with E-state index in [9.17, 15) is 5.11 Å². The minimum atomic E-state index is -0.668. The maximum atomic E-state index is 15.5. The van der Waals surface area contributed by atoms with Gasteiger partial charge in [0.1, 0.15) is 17.4 Å². The summed E-state index contributed by atoms with van der Waals surface area (Å²) in [5.74, 6) is 0.967. The van der Waals surface area contributed by atoms with Crippen molar-refractivity contribution >= 4 is 28.6 Å². The lowest BCUT2D eigenvalue weighted by Gasteiger charge is -2.69. The van der Waals surface area contributed by atoms with Crippen LogP contribution in [0, 0.1) is 11.2 Å². The fourth-order valence-electron chi connectivity index (χ4n) is 6.92. The molecule has 2 aromatic heterocycles. The van der Waals surface area contributed by atoms with Gasteiger partial charge in [-0.2, -0.15) is 0 Å². The number of rotatable bonds is 6. The fourth-order valence-corrected chi connectivity index (χ4v) is 7.12. The van der Waals surface area contributed by atoms with Crippen molar-refractivity contribution < 1.29 is 14.2 Å². The van der Waals surface area contributed by atoms with Crippen molar-refractivity contribution in [2.24, 2.45) is 5.41 Å². The molecule has 36 heavy (non-hydrogen) atoms. The number of benzene rings is 1. The largest absolute Gasteiger partial charge is 0.388 e. The SMILES string of the molecule is CC[C@H]1OCC[C@H](Nc2ncc(Cl)c(-c3cc(F)c4nc(C56CC(C)(C5)C6)n(C(C)C)c4c3)n2)[C@H]1O. The molecule has 0 spiro atoms. The van der Waals surface area contributed by atoms with Crippen LogP contribution < -0.4 is 5.32 Å². The molecule has 3 heterocycles. The molecule has 4 aliphatic rings. The number of hydrogen-bond donors (Lipinski definition) is 2. The number of nitrogens with zero attached hydrogens (tertiary/aromatic N) is 4. The molecule has 4 fully saturated rings. The summed E-state index contributed by atoms with van der Waals surface area (Å²) >= 11 is 6.52. The Hall–Kier alpha value is -2.29. The van der Waals surface area contributed by atoms with Crippen molar-refractivity contribution in [3.05, 3.63) is 35.0 Å². The zero-order chi connectivity index (χ0) is 25.4. The van der Waals surface area contributed by atoms with Crippen molar-refractivity contribution in [1.82, 2.24) is 19.5 Å². The third-order valence-electron chi connectivity index (χ3n) is 8.32. The lowest BCUT2D eigenvalue weighted by Crippen LogP contribution is -2.63. The van der Waals surface area contributed by atoms with E-state index in [0.717, 1.165) is 37.0 Å². The molecule has 192 valence electrons. The van der Waals surface area contributed by atoms with E-state index in [1.807, 2.05) is 13.0 Å². The quantitative estimate of drug-likeness (QED) is 0.443. The number of aliphatic hydroxyl groups excluding tert-OH is 1. The number of hydrogen-bond acceptors (Lipinski definition) is 6. The molecule has 0 amide bonds. The molecule has 1 aromatic carbocycles. The summed E-state index contributed by atoms with van der Waals surface area (Å²) in [6.45, 7) is 9.09. The van der Waals surface area contributed by atoms with Crippen LogP contribution >= 0.6 is 11.6 Å². The van der Waals surface area contributed by atoms with Crippen LogP contribution in [-0.2, 0) is 10.2 Å². The van der Waals surface area contributed by atoms with E-state index in [0.29, 0.717) is 46.2 Å². The monoisotopic (exact) mass is 513 g/mol. The zero-order valence-corrected chi connectivity index (χ0v) is 21.9. The second-order valence-electron chi connectivity index (χ2n) is 11.6. The van der Waals surface area contributed by atoms with Gasteiger partial charge in [-0.05, 0) is 63.5 Å². The highest BCUT2D eigenvalue weighted by Gasteiger charge is 2.67. The van der Waals surface area contributed by atoms with Gasteiger partial charge in [-0.15, -0.1) is 0 Å². The Morgan fingerprint density at radius 1 is 1.28 bits per heavy atom. The summed E-state index contributed by atoms with van der Waals surface area (Å²) in [5.41, 5.74) is 2.69. The molecular formula is C27H33ClFN5O2. The van der Waals surface area contributed by atoms with Gasteiger partial charge in [0.05, 0.1) is 34.6 Å². The smallest absolute Gasteiger partial charge is 0.223 e. The lowest BCUT2D eigenvalue weighted by molar-refractivity contribution is -0.132. The number of anilines is 1. The molecule has 9 heteroatoms. The maximum absolute atomic E-state index is 15.5. The van der Waals surface area contributed by atoms with Crippen molar-refractivity contribution in [3.63, 3.8) is 0 Å². The van der Waals surface area contributed by atoms with Gasteiger partial charge in [0.25, 0.3) is 0 Å². The molecule has 0 radical (unpaired) electrons. The molecule has 7 rings (SSSR count). The summed E-state index contributed by atoms with van der Waals surface area (Å²) in [7, 11) is 0. The van der Waals surface area contributed by atoms with Crippen LogP contribution in [0.1, 0.15) is 71.7 Å². The van der Waals surface area contributed by atoms with E-state index in [1.165, 1.54) is 12.3 Å². The van der Waals surface area contributed by atoms with Gasteiger partial charge >= 0.3 is 0 Å². The molecule has 7 nitrogen and oxygen atoms in total. The van der Waals surface area contributed by atoms with Crippen molar-refractivity contribution in [2.45, 2.75) is 89.5 Å². The Balaban J connectivity index is 1.38. The van der Waals surface area contributed by atoms with Crippen LogP contribution in [0.5, 0.6) is 0 Å². The Labute approximate surface area is 215 Å². The Bertz CT molecular complexity index is 1320. The summed E-state index contributed by atoms with van der Waals surface area (Å²) in [5, 5.41) is 14.2. The van der Waals surface area contributed by atoms with Gasteiger partial charge in [0.2, 0.25) is 5.95 Å². The summed E-state index contributed by atoms with van der Waals surface area (Å²) < 4.78 is 23.3. The third kappa shape index (κ3) is 3.63. The molecule has 3 aliphatic carbocycles. The van der Waals surface area contributed by atoms with Crippen LogP contribution in [0.2, 0.25) is 5.02 Å². The van der Waals surface area contributed by atoms with Gasteiger partial charge in [0, 0.05) is 23.6 Å². The average Bonchev–Trinajstić information content (AvgIpc) is 3.19. The van der Waals surface area contributed by atoms with Crippen LogP contribution in [-0.4, -0.2) is 49.5 Å². The number of fused-ring (bicyclic) bond motifs is 1. The van der Waals surface area contributed by atoms with E-state index in [2.05, 4.69) is 40.6 Å². The van der Waals surface area contributed by atoms with E-state index in [4.69, 9.17) is 21.3 Å². The highest BCUT2D eigenvalue weighted by atomic mass is 35.5. The molecule has 3 saturated carbocycles. The van der Waals surface area contributed by atoms with E-state index in [-0.39, 0.29) is 29.4 Å². The van der Waals surface area contributed by atoms with Crippen molar-refractivity contribution in [1.29, 1.82) is 0 Å². The van der Waals surface area contributed by atoms with Gasteiger partial charge in [-0.1, -0.05) is 25.4 Å². The Kier molecular flexibility index (Phi) is 5.59. The molecule has 3 atom stereocenters. The molecule has 3 aromatic rings. The summed E-state index contributed by atoms with van der Waals surface area (Å²) in [4.78, 5) is 13.8. The number of nitrogens with one attached hydrogen (secondary N) is 1. The topological polar surface area (TPSA) is 85.1 Å². The Morgan fingerprint density at radius 2 is 2.03 bits per heavy atom. The Morgan fingerprint density at radius 3 is 2.69 bits per heavy atom. The molecular weight excluding hydrogens is 481 g/mol. The second kappa shape index (κ2) is 8.36. The molecule has 1 saturated heterocycles. The minimum Gasteiger partial charge on any atom is -0.388 e. The van der Waals surface area contributed by atoms with E-state index < -0.39 is 6.10 Å². The summed E-state index contributed by atoms with van der Waals surface area (Å²) in [6, 6.07) is 3.30. The molecule has 0 unspecified atom stereocenters. The zero-order valence-electron chi connectivity index (χ0n) is 21.2. The van der Waals surface area contributed by atoms with Crippen molar-refractivity contribution in [3.8, 4) is 11.3 Å². The van der Waals surface area contributed by atoms with Crippen LogP contribution in [0.3, 0.4) is 0 Å². The summed E-state index contributed by atoms with van der Waals surface area (Å²) in [6.07, 6.45) is 5.34. The minimum absolute atomic E-state index is 0.0786. The van der Waals surface area contributed by atoms with E-state index >= 15 is 4.39 Å². The number of halogens is 2. The first-order chi connectivity index (χ1) is 17.1. The van der Waals surface area contributed by atoms with Gasteiger partial charge < -0.3 is 19.7 Å². The third-order valence-corrected chi connectivity index (χ3v) is 8.60. The van der Waals surface area contributed by atoms with Crippen LogP contribution in [0.4, 0.5) is 10.3 Å². The number of ether oxygens (including phenoxy) is 1.